The minimum Gasteiger partial charge on any atom is -0.497 e. The zero-order valence-corrected chi connectivity index (χ0v) is 10.8. The van der Waals surface area contributed by atoms with Crippen molar-refractivity contribution >= 4 is 0 Å². The summed E-state index contributed by atoms with van der Waals surface area (Å²) in [6.45, 7) is 0. The van der Waals surface area contributed by atoms with Gasteiger partial charge in [0.15, 0.2) is 0 Å². The van der Waals surface area contributed by atoms with E-state index in [2.05, 4.69) is 0 Å². The highest BCUT2D eigenvalue weighted by Gasteiger charge is 2.16. The highest BCUT2D eigenvalue weighted by molar-refractivity contribution is 5.45. The number of benzene rings is 2. The Balaban J connectivity index is 2.40. The molecule has 0 aliphatic carbocycles. The van der Waals surface area contributed by atoms with Crippen LogP contribution in [0.4, 0.5) is 4.39 Å². The van der Waals surface area contributed by atoms with Gasteiger partial charge in [-0.15, -0.1) is 0 Å². The second kappa shape index (κ2) is 5.71. The summed E-state index contributed by atoms with van der Waals surface area (Å²) >= 11 is 0. The van der Waals surface area contributed by atoms with Gasteiger partial charge in [0.2, 0.25) is 0 Å². The molecule has 2 aromatic rings. The Morgan fingerprint density at radius 3 is 2.47 bits per heavy atom. The van der Waals surface area contributed by atoms with Crippen LogP contribution in [0, 0.1) is 5.82 Å². The highest BCUT2D eigenvalue weighted by Crippen LogP contribution is 2.32. The molecule has 0 radical (unpaired) electrons. The van der Waals surface area contributed by atoms with Crippen LogP contribution < -0.4 is 9.47 Å². The van der Waals surface area contributed by atoms with Crippen LogP contribution in [0.25, 0.3) is 0 Å². The number of rotatable bonds is 4. The van der Waals surface area contributed by atoms with Crippen molar-refractivity contribution in [3.8, 4) is 11.5 Å². The van der Waals surface area contributed by atoms with Gasteiger partial charge in [0.1, 0.15) is 23.4 Å². The van der Waals surface area contributed by atoms with Gasteiger partial charge in [-0.2, -0.15) is 0 Å². The minimum atomic E-state index is -0.948. The second-order valence-electron chi connectivity index (χ2n) is 4.07. The molecule has 0 saturated carbocycles. The van der Waals surface area contributed by atoms with Crippen LogP contribution in [0.15, 0.2) is 42.5 Å². The van der Waals surface area contributed by atoms with Gasteiger partial charge in [0.05, 0.1) is 14.2 Å². The molecule has 0 fully saturated rings. The Bertz CT molecular complexity index is 569. The fraction of sp³-hybridized carbons (Fsp3) is 0.200. The molecule has 100 valence electrons. The van der Waals surface area contributed by atoms with Crippen molar-refractivity contribution in [1.29, 1.82) is 0 Å². The summed E-state index contributed by atoms with van der Waals surface area (Å²) < 4.78 is 23.5. The summed E-state index contributed by atoms with van der Waals surface area (Å²) in [6.07, 6.45) is -0.948. The summed E-state index contributed by atoms with van der Waals surface area (Å²) in [5.41, 5.74) is 1.04. The average Bonchev–Trinajstić information content (AvgIpc) is 2.45. The van der Waals surface area contributed by atoms with E-state index < -0.39 is 6.10 Å². The molecule has 0 saturated heterocycles. The number of halogens is 1. The molecule has 0 bridgehead atoms. The van der Waals surface area contributed by atoms with E-state index in [1.54, 1.807) is 37.4 Å². The molecule has 0 spiro atoms. The number of hydrogen-bond acceptors (Lipinski definition) is 3. The molecular formula is C15H15FO3. The lowest BCUT2D eigenvalue weighted by atomic mass is 10.0. The van der Waals surface area contributed by atoms with Crippen LogP contribution in [-0.4, -0.2) is 19.3 Å². The van der Waals surface area contributed by atoms with E-state index in [0.717, 1.165) is 0 Å². The minimum absolute atomic E-state index is 0.385. The Labute approximate surface area is 111 Å². The maximum atomic E-state index is 13.2. The van der Waals surface area contributed by atoms with E-state index in [4.69, 9.17) is 9.47 Å². The lowest BCUT2D eigenvalue weighted by Gasteiger charge is -2.16. The van der Waals surface area contributed by atoms with Gasteiger partial charge in [-0.1, -0.05) is 12.1 Å². The fourth-order valence-corrected chi connectivity index (χ4v) is 1.90. The quantitative estimate of drug-likeness (QED) is 0.920. The van der Waals surface area contributed by atoms with Gasteiger partial charge in [0.25, 0.3) is 0 Å². The predicted octanol–water partition coefficient (Wildman–Crippen LogP) is 2.92. The van der Waals surface area contributed by atoms with E-state index in [9.17, 15) is 9.50 Å². The van der Waals surface area contributed by atoms with E-state index in [-0.39, 0.29) is 5.82 Å². The van der Waals surface area contributed by atoms with E-state index in [0.29, 0.717) is 22.6 Å². The number of methoxy groups -OCH3 is 2. The van der Waals surface area contributed by atoms with Crippen molar-refractivity contribution in [3.63, 3.8) is 0 Å². The molecule has 0 aliphatic rings. The summed E-state index contributed by atoms with van der Waals surface area (Å²) in [7, 11) is 3.06. The Kier molecular flexibility index (Phi) is 4.02. The average molecular weight is 262 g/mol. The first kappa shape index (κ1) is 13.4. The third-order valence-electron chi connectivity index (χ3n) is 2.90. The van der Waals surface area contributed by atoms with Crippen LogP contribution in [-0.2, 0) is 0 Å². The molecule has 0 aliphatic heterocycles. The van der Waals surface area contributed by atoms with E-state index in [1.807, 2.05) is 0 Å². The molecule has 0 unspecified atom stereocenters. The predicted molar refractivity (Wildman–Crippen MR) is 70.0 cm³/mol. The van der Waals surface area contributed by atoms with Crippen LogP contribution >= 0.6 is 0 Å². The third-order valence-corrected chi connectivity index (χ3v) is 2.90. The van der Waals surface area contributed by atoms with Crippen molar-refractivity contribution in [2.45, 2.75) is 6.10 Å². The summed E-state index contributed by atoms with van der Waals surface area (Å²) in [6, 6.07) is 11.0. The number of aliphatic hydroxyl groups excluding tert-OH is 1. The zero-order valence-electron chi connectivity index (χ0n) is 10.8. The SMILES string of the molecule is COc1ccc([C@@H](O)c2cccc(F)c2)c(OC)c1. The molecule has 0 amide bonds. The smallest absolute Gasteiger partial charge is 0.128 e. The first-order valence-corrected chi connectivity index (χ1v) is 5.81. The van der Waals surface area contributed by atoms with Crippen molar-refractivity contribution in [1.82, 2.24) is 0 Å². The monoisotopic (exact) mass is 262 g/mol. The first-order valence-electron chi connectivity index (χ1n) is 5.81. The molecule has 2 rings (SSSR count). The summed E-state index contributed by atoms with van der Waals surface area (Å²) in [4.78, 5) is 0. The van der Waals surface area contributed by atoms with Gasteiger partial charge >= 0.3 is 0 Å². The lowest BCUT2D eigenvalue weighted by Crippen LogP contribution is -2.03. The van der Waals surface area contributed by atoms with Crippen LogP contribution in [0.1, 0.15) is 17.2 Å². The maximum Gasteiger partial charge on any atom is 0.128 e. The number of aliphatic hydroxyl groups is 1. The molecule has 1 atom stereocenters. The van der Waals surface area contributed by atoms with Crippen LogP contribution in [0.5, 0.6) is 11.5 Å². The zero-order chi connectivity index (χ0) is 13.8. The van der Waals surface area contributed by atoms with Gasteiger partial charge in [-0.05, 0) is 29.8 Å². The van der Waals surface area contributed by atoms with Crippen LogP contribution in [0.3, 0.4) is 0 Å². The van der Waals surface area contributed by atoms with Crippen molar-refractivity contribution in [2.24, 2.45) is 0 Å². The van der Waals surface area contributed by atoms with Gasteiger partial charge < -0.3 is 14.6 Å². The molecule has 0 heterocycles. The topological polar surface area (TPSA) is 38.7 Å². The summed E-state index contributed by atoms with van der Waals surface area (Å²) in [5, 5.41) is 10.3. The Morgan fingerprint density at radius 1 is 1.05 bits per heavy atom. The number of ether oxygens (including phenoxy) is 2. The third kappa shape index (κ3) is 2.85. The Hall–Kier alpha value is -2.07. The molecule has 19 heavy (non-hydrogen) atoms. The molecule has 4 heteroatoms. The Morgan fingerprint density at radius 2 is 1.84 bits per heavy atom. The highest BCUT2D eigenvalue weighted by atomic mass is 19.1. The standard InChI is InChI=1S/C15H15FO3/c1-18-12-6-7-13(14(9-12)19-2)15(17)10-4-3-5-11(16)8-10/h3-9,15,17H,1-2H3/t15-/m0/s1. The summed E-state index contributed by atoms with van der Waals surface area (Å²) in [5.74, 6) is 0.743. The maximum absolute atomic E-state index is 13.2. The fourth-order valence-electron chi connectivity index (χ4n) is 1.90. The van der Waals surface area contributed by atoms with Crippen LogP contribution in [0.2, 0.25) is 0 Å². The van der Waals surface area contributed by atoms with E-state index in [1.165, 1.54) is 19.2 Å². The van der Waals surface area contributed by atoms with Crippen molar-refractivity contribution < 1.29 is 19.0 Å². The van der Waals surface area contributed by atoms with Gasteiger partial charge in [0, 0.05) is 11.6 Å². The lowest BCUT2D eigenvalue weighted by molar-refractivity contribution is 0.214. The van der Waals surface area contributed by atoms with Crippen molar-refractivity contribution in [2.75, 3.05) is 14.2 Å². The molecule has 3 nitrogen and oxygen atoms in total. The molecule has 2 aromatic carbocycles. The molecular weight excluding hydrogens is 247 g/mol. The van der Waals surface area contributed by atoms with Crippen molar-refractivity contribution in [3.05, 3.63) is 59.4 Å². The van der Waals surface area contributed by atoms with Gasteiger partial charge in [-0.25, -0.2) is 4.39 Å². The second-order valence-corrected chi connectivity index (χ2v) is 4.07. The molecule has 1 N–H and O–H groups in total. The molecule has 0 aromatic heterocycles. The van der Waals surface area contributed by atoms with Gasteiger partial charge in [-0.3, -0.25) is 0 Å². The first-order chi connectivity index (χ1) is 9.15. The van der Waals surface area contributed by atoms with E-state index >= 15 is 0 Å². The number of hydrogen-bond donors (Lipinski definition) is 1. The normalized spacial score (nSPS) is 12.0. The largest absolute Gasteiger partial charge is 0.497 e.